The fraction of sp³-hybridized carbons (Fsp3) is 0.667. The molecule has 0 amide bonds. The predicted octanol–water partition coefficient (Wildman–Crippen LogP) is 6.45. The Morgan fingerprint density at radius 2 is 1.50 bits per heavy atom. The minimum absolute atomic E-state index is 0.888. The van der Waals surface area contributed by atoms with Gasteiger partial charge >= 0.3 is 0 Å². The van der Waals surface area contributed by atoms with E-state index in [9.17, 15) is 0 Å². The lowest BCUT2D eigenvalue weighted by molar-refractivity contribution is 0.499. The fourth-order valence-corrected chi connectivity index (χ4v) is 2.04. The Morgan fingerprint density at radius 1 is 0.889 bits per heavy atom. The van der Waals surface area contributed by atoms with Crippen LogP contribution in [-0.2, 0) is 0 Å². The molecule has 0 N–H and O–H groups in total. The first-order valence-corrected chi connectivity index (χ1v) is 7.72. The zero-order valence-corrected chi connectivity index (χ0v) is 12.9. The lowest BCUT2D eigenvalue weighted by Crippen LogP contribution is -1.93. The highest BCUT2D eigenvalue weighted by Gasteiger charge is 1.98. The average molecular weight is 248 g/mol. The van der Waals surface area contributed by atoms with Crippen molar-refractivity contribution in [2.24, 2.45) is 5.92 Å². The molecule has 0 rings (SSSR count). The second-order valence-corrected chi connectivity index (χ2v) is 4.94. The summed E-state index contributed by atoms with van der Waals surface area (Å²) in [4.78, 5) is 0. The van der Waals surface area contributed by atoms with Gasteiger partial charge in [-0.2, -0.15) is 0 Å². The second kappa shape index (κ2) is 12.7. The van der Waals surface area contributed by atoms with E-state index >= 15 is 0 Å². The summed E-state index contributed by atoms with van der Waals surface area (Å²) in [7, 11) is 0. The molecule has 0 aliphatic heterocycles. The Morgan fingerprint density at radius 3 is 2.00 bits per heavy atom. The zero-order chi connectivity index (χ0) is 13.6. The third-order valence-electron chi connectivity index (χ3n) is 3.70. The van der Waals surface area contributed by atoms with E-state index in [1.807, 2.05) is 0 Å². The van der Waals surface area contributed by atoms with Crippen LogP contribution in [0.25, 0.3) is 0 Å². The Balaban J connectivity index is 3.61. The van der Waals surface area contributed by atoms with Gasteiger partial charge in [-0.3, -0.25) is 0 Å². The van der Waals surface area contributed by atoms with Crippen molar-refractivity contribution in [2.75, 3.05) is 0 Å². The van der Waals surface area contributed by atoms with Gasteiger partial charge in [-0.1, -0.05) is 69.6 Å². The largest absolute Gasteiger partial charge is 0.0883 e. The molecule has 0 atom stereocenters. The van der Waals surface area contributed by atoms with Crippen LogP contribution in [0.5, 0.6) is 0 Å². The zero-order valence-electron chi connectivity index (χ0n) is 12.9. The number of unbranched alkanes of at least 4 members (excludes halogenated alkanes) is 1. The molecule has 0 fully saturated rings. The molecule has 18 heavy (non-hydrogen) atoms. The molecule has 0 aromatic carbocycles. The molecule has 0 saturated heterocycles. The number of hydrogen-bond acceptors (Lipinski definition) is 0. The Hall–Kier alpha value is -0.780. The maximum Gasteiger partial charge on any atom is -0.0139 e. The Kier molecular flexibility index (Phi) is 12.1. The van der Waals surface area contributed by atoms with E-state index in [4.69, 9.17) is 0 Å². The third kappa shape index (κ3) is 9.27. The number of allylic oxidation sites excluding steroid dienone is 6. The van der Waals surface area contributed by atoms with Crippen LogP contribution in [0, 0.1) is 5.92 Å². The van der Waals surface area contributed by atoms with Gasteiger partial charge in [0.15, 0.2) is 0 Å². The SMILES string of the molecule is C/C=C(/CC)C/C=C/CC/C=C/CC(CC)CC. The smallest absolute Gasteiger partial charge is 0.0139 e. The molecule has 0 aliphatic carbocycles. The van der Waals surface area contributed by atoms with Crippen molar-refractivity contribution in [1.29, 1.82) is 0 Å². The van der Waals surface area contributed by atoms with Crippen molar-refractivity contribution in [2.45, 2.75) is 72.6 Å². The van der Waals surface area contributed by atoms with Gasteiger partial charge in [0.05, 0.1) is 0 Å². The molecule has 0 heteroatoms. The van der Waals surface area contributed by atoms with Gasteiger partial charge in [0, 0.05) is 0 Å². The molecular weight excluding hydrogens is 216 g/mol. The predicted molar refractivity (Wildman–Crippen MR) is 84.9 cm³/mol. The lowest BCUT2D eigenvalue weighted by Gasteiger charge is -2.07. The highest BCUT2D eigenvalue weighted by molar-refractivity contribution is 5.05. The van der Waals surface area contributed by atoms with E-state index in [-0.39, 0.29) is 0 Å². The van der Waals surface area contributed by atoms with Crippen LogP contribution in [0.4, 0.5) is 0 Å². The Bertz CT molecular complexity index is 251. The first-order valence-electron chi connectivity index (χ1n) is 7.72. The minimum Gasteiger partial charge on any atom is -0.0883 e. The average Bonchev–Trinajstić information content (AvgIpc) is 2.41. The monoisotopic (exact) mass is 248 g/mol. The van der Waals surface area contributed by atoms with Crippen LogP contribution >= 0.6 is 0 Å². The summed E-state index contributed by atoms with van der Waals surface area (Å²) in [6, 6.07) is 0. The molecule has 0 radical (unpaired) electrons. The van der Waals surface area contributed by atoms with Gasteiger partial charge < -0.3 is 0 Å². The van der Waals surface area contributed by atoms with Gasteiger partial charge in [-0.05, 0) is 44.9 Å². The van der Waals surface area contributed by atoms with Crippen molar-refractivity contribution >= 4 is 0 Å². The molecule has 0 bridgehead atoms. The number of hydrogen-bond donors (Lipinski definition) is 0. The van der Waals surface area contributed by atoms with Gasteiger partial charge in [0.2, 0.25) is 0 Å². The minimum atomic E-state index is 0.888. The summed E-state index contributed by atoms with van der Waals surface area (Å²) < 4.78 is 0. The first kappa shape index (κ1) is 17.2. The van der Waals surface area contributed by atoms with Crippen LogP contribution < -0.4 is 0 Å². The normalized spacial score (nSPS) is 13.3. The molecule has 0 aromatic rings. The van der Waals surface area contributed by atoms with Crippen LogP contribution in [0.2, 0.25) is 0 Å². The molecule has 0 aliphatic rings. The quantitative estimate of drug-likeness (QED) is 0.308. The summed E-state index contributed by atoms with van der Waals surface area (Å²) in [5.41, 5.74) is 1.54. The van der Waals surface area contributed by atoms with E-state index in [0.717, 1.165) is 12.3 Å². The van der Waals surface area contributed by atoms with E-state index < -0.39 is 0 Å². The first-order chi connectivity index (χ1) is 8.78. The van der Waals surface area contributed by atoms with Gasteiger partial charge in [0.1, 0.15) is 0 Å². The van der Waals surface area contributed by atoms with Gasteiger partial charge in [-0.15, -0.1) is 0 Å². The van der Waals surface area contributed by atoms with E-state index in [1.165, 1.54) is 44.1 Å². The molecule has 0 aromatic heterocycles. The maximum absolute atomic E-state index is 2.37. The number of rotatable bonds is 10. The fourth-order valence-electron chi connectivity index (χ4n) is 2.04. The van der Waals surface area contributed by atoms with Gasteiger partial charge in [0.25, 0.3) is 0 Å². The third-order valence-corrected chi connectivity index (χ3v) is 3.70. The Labute approximate surface area is 115 Å². The second-order valence-electron chi connectivity index (χ2n) is 4.94. The molecule has 0 spiro atoms. The van der Waals surface area contributed by atoms with Crippen molar-refractivity contribution in [3.8, 4) is 0 Å². The van der Waals surface area contributed by atoms with Gasteiger partial charge in [-0.25, -0.2) is 0 Å². The molecule has 0 heterocycles. The molecule has 0 saturated carbocycles. The van der Waals surface area contributed by atoms with Crippen molar-refractivity contribution in [1.82, 2.24) is 0 Å². The summed E-state index contributed by atoms with van der Waals surface area (Å²) in [6.45, 7) is 8.94. The maximum atomic E-state index is 2.37. The van der Waals surface area contributed by atoms with Crippen LogP contribution in [0.3, 0.4) is 0 Å². The standard InChI is InChI=1S/C18H32/c1-5-17(6-2)15-13-11-9-10-12-14-16-18(7-3)8-4/h5,11-14,18H,6-10,15-16H2,1-4H3/b13-11+,14-12+,17-5-. The molecule has 0 nitrogen and oxygen atoms in total. The van der Waals surface area contributed by atoms with Crippen LogP contribution in [0.15, 0.2) is 36.0 Å². The van der Waals surface area contributed by atoms with Crippen molar-refractivity contribution in [3.63, 3.8) is 0 Å². The summed E-state index contributed by atoms with van der Waals surface area (Å²) in [5.74, 6) is 0.888. The van der Waals surface area contributed by atoms with Crippen LogP contribution in [-0.4, -0.2) is 0 Å². The summed E-state index contributed by atoms with van der Waals surface area (Å²) in [6.07, 6.45) is 20.1. The topological polar surface area (TPSA) is 0 Å². The van der Waals surface area contributed by atoms with E-state index in [1.54, 1.807) is 0 Å². The highest BCUT2D eigenvalue weighted by atomic mass is 14.0. The molecular formula is C18H32. The lowest BCUT2D eigenvalue weighted by atomic mass is 9.99. The molecule has 104 valence electrons. The van der Waals surface area contributed by atoms with Crippen molar-refractivity contribution in [3.05, 3.63) is 36.0 Å². The van der Waals surface area contributed by atoms with Crippen LogP contribution in [0.1, 0.15) is 72.6 Å². The summed E-state index contributed by atoms with van der Waals surface area (Å²) in [5, 5.41) is 0. The summed E-state index contributed by atoms with van der Waals surface area (Å²) >= 11 is 0. The van der Waals surface area contributed by atoms with Crippen molar-refractivity contribution < 1.29 is 0 Å². The molecule has 0 unspecified atom stereocenters. The van der Waals surface area contributed by atoms with E-state index in [0.29, 0.717) is 0 Å². The van der Waals surface area contributed by atoms with E-state index in [2.05, 4.69) is 58.1 Å². The highest BCUT2D eigenvalue weighted by Crippen LogP contribution is 2.13.